The summed E-state index contributed by atoms with van der Waals surface area (Å²) in [6.07, 6.45) is 0. The summed E-state index contributed by atoms with van der Waals surface area (Å²) >= 11 is 0. The van der Waals surface area contributed by atoms with Gasteiger partial charge in [-0.3, -0.25) is 5.10 Å². The standard InChI is InChI=1S/C7H14N4O2S/c1-3-11(4-2)14(12,13)7-5-6(8)9-10-7/h5H,3-4H2,1-2H3,(H3,8,9,10). The van der Waals surface area contributed by atoms with E-state index in [-0.39, 0.29) is 10.8 Å². The van der Waals surface area contributed by atoms with Crippen LogP contribution in [0.4, 0.5) is 5.82 Å². The van der Waals surface area contributed by atoms with Gasteiger partial charge in [0.15, 0.2) is 5.03 Å². The smallest absolute Gasteiger partial charge is 0.260 e. The van der Waals surface area contributed by atoms with Gasteiger partial charge in [0.05, 0.1) is 0 Å². The summed E-state index contributed by atoms with van der Waals surface area (Å²) in [7, 11) is -3.45. The van der Waals surface area contributed by atoms with Crippen LogP contribution < -0.4 is 5.73 Å². The first kappa shape index (κ1) is 11.0. The molecule has 1 rings (SSSR count). The second kappa shape index (κ2) is 3.97. The van der Waals surface area contributed by atoms with E-state index < -0.39 is 10.0 Å². The average Bonchev–Trinajstić information content (AvgIpc) is 2.54. The molecule has 0 aromatic carbocycles. The summed E-state index contributed by atoms with van der Waals surface area (Å²) in [5.41, 5.74) is 5.33. The maximum absolute atomic E-state index is 11.8. The third kappa shape index (κ3) is 1.88. The van der Waals surface area contributed by atoms with Gasteiger partial charge in [-0.25, -0.2) is 8.42 Å². The average molecular weight is 218 g/mol. The molecule has 1 heterocycles. The summed E-state index contributed by atoms with van der Waals surface area (Å²) in [5.74, 6) is 0.177. The van der Waals surface area contributed by atoms with Gasteiger partial charge in [-0.2, -0.15) is 9.40 Å². The van der Waals surface area contributed by atoms with Crippen LogP contribution in [0.1, 0.15) is 13.8 Å². The molecule has 1 aromatic heterocycles. The number of aromatic amines is 1. The fraction of sp³-hybridized carbons (Fsp3) is 0.571. The molecule has 14 heavy (non-hydrogen) atoms. The Morgan fingerprint density at radius 3 is 2.43 bits per heavy atom. The molecule has 6 nitrogen and oxygen atoms in total. The predicted molar refractivity (Wildman–Crippen MR) is 53.1 cm³/mol. The largest absolute Gasteiger partial charge is 0.382 e. The highest BCUT2D eigenvalue weighted by Gasteiger charge is 2.23. The second-order valence-electron chi connectivity index (χ2n) is 2.75. The van der Waals surface area contributed by atoms with E-state index in [1.54, 1.807) is 13.8 Å². The number of anilines is 1. The van der Waals surface area contributed by atoms with Crippen molar-refractivity contribution in [3.05, 3.63) is 6.07 Å². The predicted octanol–water partition coefficient (Wildman–Crippen LogP) is 0.0224. The summed E-state index contributed by atoms with van der Waals surface area (Å²) in [6, 6.07) is 1.31. The lowest BCUT2D eigenvalue weighted by Crippen LogP contribution is -2.30. The Morgan fingerprint density at radius 2 is 2.07 bits per heavy atom. The van der Waals surface area contributed by atoms with Gasteiger partial charge in [-0.05, 0) is 0 Å². The van der Waals surface area contributed by atoms with Crippen LogP contribution in [-0.2, 0) is 10.0 Å². The molecule has 0 atom stereocenters. The van der Waals surface area contributed by atoms with E-state index >= 15 is 0 Å². The van der Waals surface area contributed by atoms with Crippen molar-refractivity contribution < 1.29 is 8.42 Å². The number of rotatable bonds is 4. The number of H-pyrrole nitrogens is 1. The number of nitrogens with two attached hydrogens (primary N) is 1. The Morgan fingerprint density at radius 1 is 1.50 bits per heavy atom. The molecule has 0 unspecified atom stereocenters. The minimum absolute atomic E-state index is 0.0405. The molecule has 0 fully saturated rings. The van der Waals surface area contributed by atoms with Crippen LogP contribution >= 0.6 is 0 Å². The van der Waals surface area contributed by atoms with Gasteiger partial charge in [0.1, 0.15) is 5.82 Å². The lowest BCUT2D eigenvalue weighted by Gasteiger charge is -2.16. The molecular weight excluding hydrogens is 204 g/mol. The van der Waals surface area contributed by atoms with E-state index in [4.69, 9.17) is 5.73 Å². The van der Waals surface area contributed by atoms with Crippen molar-refractivity contribution >= 4 is 15.8 Å². The summed E-state index contributed by atoms with van der Waals surface area (Å²) < 4.78 is 24.9. The van der Waals surface area contributed by atoms with Crippen LogP contribution in [0.3, 0.4) is 0 Å². The van der Waals surface area contributed by atoms with Crippen LogP contribution in [0.2, 0.25) is 0 Å². The SMILES string of the molecule is CCN(CC)S(=O)(=O)c1cc(N)n[nH]1. The van der Waals surface area contributed by atoms with Gasteiger partial charge in [0, 0.05) is 19.2 Å². The van der Waals surface area contributed by atoms with E-state index in [1.807, 2.05) is 0 Å². The molecule has 0 amide bonds. The van der Waals surface area contributed by atoms with Crippen molar-refractivity contribution in [1.82, 2.24) is 14.5 Å². The Labute approximate surface area is 83.1 Å². The molecule has 0 bridgehead atoms. The summed E-state index contributed by atoms with van der Waals surface area (Å²) in [6.45, 7) is 4.41. The molecule has 0 spiro atoms. The van der Waals surface area contributed by atoms with E-state index in [1.165, 1.54) is 10.4 Å². The number of nitrogen functional groups attached to an aromatic ring is 1. The van der Waals surface area contributed by atoms with Gasteiger partial charge in [0.2, 0.25) is 0 Å². The molecule has 1 aromatic rings. The Hall–Kier alpha value is -1.08. The van der Waals surface area contributed by atoms with Crippen molar-refractivity contribution in [3.63, 3.8) is 0 Å². The molecular formula is C7H14N4O2S. The lowest BCUT2D eigenvalue weighted by atomic mass is 10.7. The number of nitrogens with zero attached hydrogens (tertiary/aromatic N) is 2. The molecule has 0 aliphatic heterocycles. The highest BCUT2D eigenvalue weighted by atomic mass is 32.2. The van der Waals surface area contributed by atoms with Crippen LogP contribution in [0.15, 0.2) is 11.1 Å². The van der Waals surface area contributed by atoms with Gasteiger partial charge >= 0.3 is 0 Å². The molecule has 0 radical (unpaired) electrons. The number of hydrogen-bond donors (Lipinski definition) is 2. The molecule has 7 heteroatoms. The molecule has 0 saturated carbocycles. The van der Waals surface area contributed by atoms with Crippen LogP contribution in [0.5, 0.6) is 0 Å². The first-order valence-corrected chi connectivity index (χ1v) is 5.77. The fourth-order valence-corrected chi connectivity index (χ4v) is 2.54. The number of aromatic nitrogens is 2. The van der Waals surface area contributed by atoms with Crippen LogP contribution in [0.25, 0.3) is 0 Å². The first-order chi connectivity index (χ1) is 6.52. The zero-order chi connectivity index (χ0) is 10.8. The van der Waals surface area contributed by atoms with Crippen molar-refractivity contribution in [2.24, 2.45) is 0 Å². The number of hydrogen-bond acceptors (Lipinski definition) is 4. The van der Waals surface area contributed by atoms with Gasteiger partial charge < -0.3 is 5.73 Å². The monoisotopic (exact) mass is 218 g/mol. The Kier molecular flexibility index (Phi) is 3.12. The summed E-state index contributed by atoms with van der Waals surface area (Å²) in [5, 5.41) is 6.01. The Bertz CT molecular complexity index is 394. The highest BCUT2D eigenvalue weighted by molar-refractivity contribution is 7.89. The zero-order valence-electron chi connectivity index (χ0n) is 8.19. The van der Waals surface area contributed by atoms with Crippen LogP contribution in [0, 0.1) is 0 Å². The van der Waals surface area contributed by atoms with Crippen molar-refractivity contribution in [3.8, 4) is 0 Å². The number of sulfonamides is 1. The minimum atomic E-state index is -3.45. The summed E-state index contributed by atoms with van der Waals surface area (Å²) in [4.78, 5) is 0. The normalized spacial score (nSPS) is 12.2. The molecule has 0 aliphatic rings. The zero-order valence-corrected chi connectivity index (χ0v) is 9.00. The maximum Gasteiger partial charge on any atom is 0.260 e. The molecule has 0 aliphatic carbocycles. The van der Waals surface area contributed by atoms with Gasteiger partial charge in [0.25, 0.3) is 10.0 Å². The highest BCUT2D eigenvalue weighted by Crippen LogP contribution is 2.13. The quantitative estimate of drug-likeness (QED) is 0.745. The first-order valence-electron chi connectivity index (χ1n) is 4.33. The second-order valence-corrected chi connectivity index (χ2v) is 4.65. The van der Waals surface area contributed by atoms with Crippen LogP contribution in [-0.4, -0.2) is 36.0 Å². The number of nitrogens with one attached hydrogen (secondary N) is 1. The molecule has 80 valence electrons. The topological polar surface area (TPSA) is 92.1 Å². The molecule has 3 N–H and O–H groups in total. The lowest BCUT2D eigenvalue weighted by molar-refractivity contribution is 0.442. The third-order valence-corrected chi connectivity index (χ3v) is 3.86. The molecule has 0 saturated heterocycles. The van der Waals surface area contributed by atoms with E-state index in [2.05, 4.69) is 10.2 Å². The van der Waals surface area contributed by atoms with E-state index in [9.17, 15) is 8.42 Å². The van der Waals surface area contributed by atoms with E-state index in [0.29, 0.717) is 13.1 Å². The van der Waals surface area contributed by atoms with Crippen molar-refractivity contribution in [1.29, 1.82) is 0 Å². The van der Waals surface area contributed by atoms with Gasteiger partial charge in [-0.15, -0.1) is 0 Å². The van der Waals surface area contributed by atoms with Gasteiger partial charge in [-0.1, -0.05) is 13.8 Å². The fourth-order valence-electron chi connectivity index (χ4n) is 1.15. The Balaban J connectivity index is 3.07. The minimum Gasteiger partial charge on any atom is -0.382 e. The van der Waals surface area contributed by atoms with Crippen molar-refractivity contribution in [2.45, 2.75) is 18.9 Å². The maximum atomic E-state index is 11.8. The van der Waals surface area contributed by atoms with Crippen molar-refractivity contribution in [2.75, 3.05) is 18.8 Å². The third-order valence-electron chi connectivity index (χ3n) is 1.90. The van der Waals surface area contributed by atoms with E-state index in [0.717, 1.165) is 0 Å².